The number of anilines is 1. The molecular formula is C13H16Cl2N4O2S. The monoisotopic (exact) mass is 362 g/mol. The standard InChI is InChI=1S/C13H16Cl2N4O2S/c1-13(2,21-3)4-5-19-7-8(6-16-19)17-12(20)10-9(14)11(15)22-18-10/h6-7H,4-5H2,1-3H3,(H,17,20). The molecule has 0 fully saturated rings. The van der Waals surface area contributed by atoms with E-state index in [1.165, 1.54) is 0 Å². The number of nitrogens with one attached hydrogen (secondary N) is 1. The Morgan fingerprint density at radius 3 is 2.82 bits per heavy atom. The summed E-state index contributed by atoms with van der Waals surface area (Å²) >= 11 is 12.7. The van der Waals surface area contributed by atoms with E-state index in [0.29, 0.717) is 16.6 Å². The highest BCUT2D eigenvalue weighted by Crippen LogP contribution is 2.29. The number of carbonyl (C=O) groups is 1. The van der Waals surface area contributed by atoms with Crippen molar-refractivity contribution in [2.24, 2.45) is 0 Å². The van der Waals surface area contributed by atoms with Crippen LogP contribution in [0.1, 0.15) is 30.8 Å². The molecule has 0 saturated heterocycles. The lowest BCUT2D eigenvalue weighted by Crippen LogP contribution is -2.24. The van der Waals surface area contributed by atoms with Gasteiger partial charge in [0.25, 0.3) is 5.91 Å². The number of rotatable bonds is 6. The van der Waals surface area contributed by atoms with Gasteiger partial charge >= 0.3 is 0 Å². The molecule has 0 aromatic carbocycles. The van der Waals surface area contributed by atoms with Crippen molar-refractivity contribution in [3.8, 4) is 0 Å². The Bertz CT molecular complexity index is 669. The average molecular weight is 363 g/mol. The van der Waals surface area contributed by atoms with Crippen molar-refractivity contribution in [1.29, 1.82) is 0 Å². The summed E-state index contributed by atoms with van der Waals surface area (Å²) in [4.78, 5) is 12.1. The molecule has 6 nitrogen and oxygen atoms in total. The zero-order valence-electron chi connectivity index (χ0n) is 12.4. The maximum absolute atomic E-state index is 12.1. The van der Waals surface area contributed by atoms with Gasteiger partial charge in [0.2, 0.25) is 0 Å². The van der Waals surface area contributed by atoms with Gasteiger partial charge in [-0.1, -0.05) is 23.2 Å². The lowest BCUT2D eigenvalue weighted by Gasteiger charge is -2.22. The molecule has 9 heteroatoms. The number of nitrogens with zero attached hydrogens (tertiary/aromatic N) is 3. The molecule has 0 unspecified atom stereocenters. The van der Waals surface area contributed by atoms with E-state index in [2.05, 4.69) is 14.8 Å². The van der Waals surface area contributed by atoms with Gasteiger partial charge in [-0.3, -0.25) is 9.48 Å². The van der Waals surface area contributed by atoms with Crippen LogP contribution in [0.3, 0.4) is 0 Å². The molecule has 2 aromatic rings. The maximum Gasteiger partial charge on any atom is 0.277 e. The molecule has 1 amide bonds. The average Bonchev–Trinajstić information content (AvgIpc) is 3.05. The summed E-state index contributed by atoms with van der Waals surface area (Å²) in [7, 11) is 1.68. The number of halogens is 2. The normalized spacial score (nSPS) is 11.7. The third kappa shape index (κ3) is 4.19. The molecule has 2 rings (SSSR count). The van der Waals surface area contributed by atoms with Gasteiger partial charge in [-0.05, 0) is 31.8 Å². The highest BCUT2D eigenvalue weighted by molar-refractivity contribution is 7.11. The number of amides is 1. The van der Waals surface area contributed by atoms with Gasteiger partial charge < -0.3 is 10.1 Å². The molecule has 0 spiro atoms. The van der Waals surface area contributed by atoms with Gasteiger partial charge in [0, 0.05) is 19.9 Å². The molecule has 22 heavy (non-hydrogen) atoms. The lowest BCUT2D eigenvalue weighted by atomic mass is 10.1. The zero-order chi connectivity index (χ0) is 16.3. The van der Waals surface area contributed by atoms with E-state index in [9.17, 15) is 4.79 Å². The predicted octanol–water partition coefficient (Wildman–Crippen LogP) is 3.71. The van der Waals surface area contributed by atoms with E-state index in [0.717, 1.165) is 18.0 Å². The molecule has 2 heterocycles. The summed E-state index contributed by atoms with van der Waals surface area (Å²) in [6, 6.07) is 0. The van der Waals surface area contributed by atoms with Crippen LogP contribution in [0.15, 0.2) is 12.4 Å². The first kappa shape index (κ1) is 17.2. The fourth-order valence-electron chi connectivity index (χ4n) is 1.63. The number of hydrogen-bond acceptors (Lipinski definition) is 5. The predicted molar refractivity (Wildman–Crippen MR) is 88.0 cm³/mol. The highest BCUT2D eigenvalue weighted by atomic mass is 35.5. The van der Waals surface area contributed by atoms with Crippen molar-refractivity contribution in [2.75, 3.05) is 12.4 Å². The van der Waals surface area contributed by atoms with Crippen molar-refractivity contribution in [1.82, 2.24) is 14.2 Å². The van der Waals surface area contributed by atoms with E-state index in [4.69, 9.17) is 27.9 Å². The number of aromatic nitrogens is 3. The van der Waals surface area contributed by atoms with Crippen LogP contribution in [0.5, 0.6) is 0 Å². The first-order chi connectivity index (χ1) is 10.3. The van der Waals surface area contributed by atoms with Crippen molar-refractivity contribution in [3.05, 3.63) is 27.4 Å². The Balaban J connectivity index is 1.97. The molecule has 1 N–H and O–H groups in total. The first-order valence-corrected chi connectivity index (χ1v) is 8.05. The molecule has 2 aromatic heterocycles. The SMILES string of the molecule is COC(C)(C)CCn1cc(NC(=O)c2nsc(Cl)c2Cl)cn1. The topological polar surface area (TPSA) is 69.0 Å². The fraction of sp³-hybridized carbons (Fsp3) is 0.462. The molecule has 0 bridgehead atoms. The summed E-state index contributed by atoms with van der Waals surface area (Å²) in [5.74, 6) is -0.412. The van der Waals surface area contributed by atoms with Crippen LogP contribution in [-0.2, 0) is 11.3 Å². The summed E-state index contributed by atoms with van der Waals surface area (Å²) in [5.41, 5.74) is 0.464. The highest BCUT2D eigenvalue weighted by Gasteiger charge is 2.19. The fourth-order valence-corrected chi connectivity index (χ4v) is 2.62. The third-order valence-electron chi connectivity index (χ3n) is 3.20. The summed E-state index contributed by atoms with van der Waals surface area (Å²) in [6.07, 6.45) is 4.11. The molecule has 0 radical (unpaired) electrons. The molecule has 0 aliphatic carbocycles. The second-order valence-corrected chi connectivity index (χ2v) is 7.03. The minimum Gasteiger partial charge on any atom is -0.379 e. The molecular weight excluding hydrogens is 347 g/mol. The largest absolute Gasteiger partial charge is 0.379 e. The molecule has 0 atom stereocenters. The number of methoxy groups -OCH3 is 1. The van der Waals surface area contributed by atoms with Gasteiger partial charge in [-0.25, -0.2) is 0 Å². The van der Waals surface area contributed by atoms with Gasteiger partial charge in [-0.2, -0.15) is 9.47 Å². The quantitative estimate of drug-likeness (QED) is 0.849. The Morgan fingerprint density at radius 1 is 1.50 bits per heavy atom. The lowest BCUT2D eigenvalue weighted by molar-refractivity contribution is 0.0113. The van der Waals surface area contributed by atoms with Crippen LogP contribution >= 0.6 is 34.7 Å². The zero-order valence-corrected chi connectivity index (χ0v) is 14.7. The van der Waals surface area contributed by atoms with Gasteiger partial charge in [0.1, 0.15) is 9.36 Å². The Kier molecular flexibility index (Phi) is 5.44. The van der Waals surface area contributed by atoms with Crippen LogP contribution < -0.4 is 5.32 Å². The molecule has 0 saturated carbocycles. The number of carbonyl (C=O) groups excluding carboxylic acids is 1. The van der Waals surface area contributed by atoms with E-state index in [1.807, 2.05) is 13.8 Å². The summed E-state index contributed by atoms with van der Waals surface area (Å²) in [6.45, 7) is 4.69. The minimum atomic E-state index is -0.412. The van der Waals surface area contributed by atoms with E-state index in [-0.39, 0.29) is 16.3 Å². The Morgan fingerprint density at radius 2 is 2.23 bits per heavy atom. The van der Waals surface area contributed by atoms with Crippen LogP contribution in [0.2, 0.25) is 9.36 Å². The second-order valence-electron chi connectivity index (χ2n) is 5.28. The number of ether oxygens (including phenoxy) is 1. The Labute approximate surface area is 142 Å². The maximum atomic E-state index is 12.1. The summed E-state index contributed by atoms with van der Waals surface area (Å²) in [5, 5.41) is 7.05. The van der Waals surface area contributed by atoms with E-state index in [1.54, 1.807) is 24.2 Å². The molecule has 0 aliphatic rings. The number of hydrogen-bond donors (Lipinski definition) is 1. The smallest absolute Gasteiger partial charge is 0.277 e. The minimum absolute atomic E-state index is 0.116. The second kappa shape index (κ2) is 6.95. The summed E-state index contributed by atoms with van der Waals surface area (Å²) < 4.78 is 11.3. The van der Waals surface area contributed by atoms with Crippen molar-refractivity contribution >= 4 is 46.3 Å². The first-order valence-electron chi connectivity index (χ1n) is 6.52. The molecule has 0 aliphatic heterocycles. The van der Waals surface area contributed by atoms with Crippen molar-refractivity contribution in [2.45, 2.75) is 32.4 Å². The van der Waals surface area contributed by atoms with Gasteiger partial charge in [0.15, 0.2) is 5.69 Å². The number of aryl methyl sites for hydroxylation is 1. The van der Waals surface area contributed by atoms with Crippen LogP contribution in [0.4, 0.5) is 5.69 Å². The van der Waals surface area contributed by atoms with E-state index < -0.39 is 5.91 Å². The third-order valence-corrected chi connectivity index (χ3v) is 4.81. The van der Waals surface area contributed by atoms with Gasteiger partial charge in [0.05, 0.1) is 17.5 Å². The van der Waals surface area contributed by atoms with Gasteiger partial charge in [-0.15, -0.1) is 0 Å². The van der Waals surface area contributed by atoms with Crippen molar-refractivity contribution in [3.63, 3.8) is 0 Å². The molecule has 120 valence electrons. The van der Waals surface area contributed by atoms with E-state index >= 15 is 0 Å². The van der Waals surface area contributed by atoms with Crippen molar-refractivity contribution < 1.29 is 9.53 Å². The van der Waals surface area contributed by atoms with Crippen LogP contribution in [-0.4, -0.2) is 32.8 Å². The van der Waals surface area contributed by atoms with Crippen LogP contribution in [0.25, 0.3) is 0 Å². The van der Waals surface area contributed by atoms with Crippen LogP contribution in [0, 0.1) is 0 Å². The Hall–Kier alpha value is -1.15.